The van der Waals surface area contributed by atoms with Gasteiger partial charge in [-0.1, -0.05) is 19.9 Å². The van der Waals surface area contributed by atoms with E-state index >= 15 is 0 Å². The summed E-state index contributed by atoms with van der Waals surface area (Å²) in [7, 11) is 0. The molecule has 1 aliphatic rings. The molecule has 1 aromatic carbocycles. The standard InChI is InChI=1S/C16H24N2O2/c1-11(2)12-6-7-13-14(10-12)18(9-8-17-13)15(19)20-16(3,4)5/h6-7,10-11,17H,8-9H2,1-5H3. The van der Waals surface area contributed by atoms with Crippen LogP contribution in [0.4, 0.5) is 16.2 Å². The van der Waals surface area contributed by atoms with E-state index in [1.54, 1.807) is 4.90 Å². The Morgan fingerprint density at radius 3 is 2.65 bits per heavy atom. The first-order valence-electron chi connectivity index (χ1n) is 7.16. The average Bonchev–Trinajstić information content (AvgIpc) is 2.35. The van der Waals surface area contributed by atoms with Gasteiger partial charge in [0.05, 0.1) is 11.4 Å². The smallest absolute Gasteiger partial charge is 0.414 e. The van der Waals surface area contributed by atoms with Crippen LogP contribution in [-0.2, 0) is 4.74 Å². The Morgan fingerprint density at radius 1 is 1.35 bits per heavy atom. The monoisotopic (exact) mass is 276 g/mol. The molecule has 0 atom stereocenters. The number of amides is 1. The summed E-state index contributed by atoms with van der Waals surface area (Å²) < 4.78 is 5.49. The highest BCUT2D eigenvalue weighted by Crippen LogP contribution is 2.33. The molecule has 2 rings (SSSR count). The lowest BCUT2D eigenvalue weighted by molar-refractivity contribution is 0.0581. The van der Waals surface area contributed by atoms with Crippen molar-refractivity contribution in [2.45, 2.75) is 46.1 Å². The van der Waals surface area contributed by atoms with E-state index < -0.39 is 5.60 Å². The molecule has 1 amide bonds. The van der Waals surface area contributed by atoms with Gasteiger partial charge >= 0.3 is 6.09 Å². The van der Waals surface area contributed by atoms with Gasteiger partial charge in [0, 0.05) is 13.1 Å². The van der Waals surface area contributed by atoms with Crippen molar-refractivity contribution in [1.29, 1.82) is 0 Å². The summed E-state index contributed by atoms with van der Waals surface area (Å²) in [5, 5.41) is 3.33. The lowest BCUT2D eigenvalue weighted by Crippen LogP contribution is -2.42. The quantitative estimate of drug-likeness (QED) is 0.843. The zero-order valence-electron chi connectivity index (χ0n) is 13.0. The minimum absolute atomic E-state index is 0.277. The molecular formula is C16H24N2O2. The second-order valence-corrected chi connectivity index (χ2v) is 6.49. The Kier molecular flexibility index (Phi) is 3.93. The topological polar surface area (TPSA) is 41.6 Å². The molecule has 0 saturated heterocycles. The van der Waals surface area contributed by atoms with Gasteiger partial charge in [0.1, 0.15) is 5.60 Å². The minimum Gasteiger partial charge on any atom is -0.443 e. The molecule has 0 aliphatic carbocycles. The van der Waals surface area contributed by atoms with Crippen LogP contribution in [0.5, 0.6) is 0 Å². The van der Waals surface area contributed by atoms with Crippen molar-refractivity contribution < 1.29 is 9.53 Å². The first kappa shape index (κ1) is 14.7. The summed E-state index contributed by atoms with van der Waals surface area (Å²) in [6, 6.07) is 6.23. The van der Waals surface area contributed by atoms with Crippen LogP contribution in [0, 0.1) is 0 Å². The lowest BCUT2D eigenvalue weighted by atomic mass is 10.0. The molecular weight excluding hydrogens is 252 g/mol. The van der Waals surface area contributed by atoms with Crippen LogP contribution >= 0.6 is 0 Å². The van der Waals surface area contributed by atoms with Gasteiger partial charge in [-0.3, -0.25) is 4.90 Å². The Bertz CT molecular complexity index is 504. The van der Waals surface area contributed by atoms with E-state index in [1.807, 2.05) is 26.8 Å². The van der Waals surface area contributed by atoms with Crippen molar-refractivity contribution in [2.24, 2.45) is 0 Å². The predicted molar refractivity (Wildman–Crippen MR) is 82.6 cm³/mol. The fraction of sp³-hybridized carbons (Fsp3) is 0.562. The Labute approximate surface area is 121 Å². The number of benzene rings is 1. The normalized spacial score (nSPS) is 14.8. The number of carbonyl (C=O) groups is 1. The third-order valence-corrected chi connectivity index (χ3v) is 3.24. The molecule has 0 saturated carbocycles. The highest BCUT2D eigenvalue weighted by molar-refractivity contribution is 5.93. The van der Waals surface area contributed by atoms with Gasteiger partial charge in [-0.25, -0.2) is 4.79 Å². The van der Waals surface area contributed by atoms with Crippen molar-refractivity contribution in [3.8, 4) is 0 Å². The molecule has 0 unspecified atom stereocenters. The van der Waals surface area contributed by atoms with Gasteiger partial charge < -0.3 is 10.1 Å². The van der Waals surface area contributed by atoms with Gasteiger partial charge in [-0.15, -0.1) is 0 Å². The van der Waals surface area contributed by atoms with E-state index in [2.05, 4.69) is 31.3 Å². The van der Waals surface area contributed by atoms with Crippen LogP contribution in [-0.4, -0.2) is 24.8 Å². The molecule has 20 heavy (non-hydrogen) atoms. The van der Waals surface area contributed by atoms with Gasteiger partial charge in [-0.05, 0) is 44.4 Å². The summed E-state index contributed by atoms with van der Waals surface area (Å²) in [6.07, 6.45) is -0.277. The van der Waals surface area contributed by atoms with Crippen molar-refractivity contribution >= 4 is 17.5 Å². The highest BCUT2D eigenvalue weighted by Gasteiger charge is 2.27. The zero-order valence-corrected chi connectivity index (χ0v) is 13.0. The molecule has 1 N–H and O–H groups in total. The number of rotatable bonds is 1. The van der Waals surface area contributed by atoms with Crippen LogP contribution in [0.25, 0.3) is 0 Å². The number of carbonyl (C=O) groups excluding carboxylic acids is 1. The first-order chi connectivity index (χ1) is 9.28. The van der Waals surface area contributed by atoms with Crippen molar-refractivity contribution in [3.05, 3.63) is 23.8 Å². The first-order valence-corrected chi connectivity index (χ1v) is 7.16. The molecule has 1 aliphatic heterocycles. The number of ether oxygens (including phenoxy) is 1. The maximum Gasteiger partial charge on any atom is 0.414 e. The Hall–Kier alpha value is -1.71. The van der Waals surface area contributed by atoms with Crippen LogP contribution in [0.15, 0.2) is 18.2 Å². The van der Waals surface area contributed by atoms with E-state index in [1.165, 1.54) is 5.56 Å². The third kappa shape index (κ3) is 3.24. The number of hydrogen-bond donors (Lipinski definition) is 1. The average molecular weight is 276 g/mol. The van der Waals surface area contributed by atoms with Crippen LogP contribution in [0.2, 0.25) is 0 Å². The number of nitrogens with zero attached hydrogens (tertiary/aromatic N) is 1. The van der Waals surface area contributed by atoms with Crippen LogP contribution < -0.4 is 10.2 Å². The summed E-state index contributed by atoms with van der Waals surface area (Å²) >= 11 is 0. The fourth-order valence-electron chi connectivity index (χ4n) is 2.21. The molecule has 4 heteroatoms. The van der Waals surface area contributed by atoms with Crippen molar-refractivity contribution in [3.63, 3.8) is 0 Å². The molecule has 0 bridgehead atoms. The third-order valence-electron chi connectivity index (χ3n) is 3.24. The SMILES string of the molecule is CC(C)c1ccc2c(c1)N(C(=O)OC(C)(C)C)CCN2. The summed E-state index contributed by atoms with van der Waals surface area (Å²) in [4.78, 5) is 14.1. The largest absolute Gasteiger partial charge is 0.443 e. The molecule has 4 nitrogen and oxygen atoms in total. The maximum atomic E-state index is 12.3. The van der Waals surface area contributed by atoms with E-state index in [0.717, 1.165) is 17.9 Å². The number of nitrogens with one attached hydrogen (secondary N) is 1. The summed E-state index contributed by atoms with van der Waals surface area (Å²) in [5.74, 6) is 0.433. The summed E-state index contributed by atoms with van der Waals surface area (Å²) in [6.45, 7) is 11.3. The Morgan fingerprint density at radius 2 is 2.05 bits per heavy atom. The molecule has 1 aromatic rings. The molecule has 1 heterocycles. The second kappa shape index (κ2) is 5.35. The molecule has 0 radical (unpaired) electrons. The van der Waals surface area contributed by atoms with Gasteiger partial charge in [0.2, 0.25) is 0 Å². The van der Waals surface area contributed by atoms with Gasteiger partial charge in [0.15, 0.2) is 0 Å². The number of hydrogen-bond acceptors (Lipinski definition) is 3. The van der Waals surface area contributed by atoms with Crippen molar-refractivity contribution in [1.82, 2.24) is 0 Å². The molecule has 0 fully saturated rings. The second-order valence-electron chi connectivity index (χ2n) is 6.49. The number of anilines is 2. The van der Waals surface area contributed by atoms with E-state index in [4.69, 9.17) is 4.74 Å². The number of fused-ring (bicyclic) bond motifs is 1. The minimum atomic E-state index is -0.474. The molecule has 0 aromatic heterocycles. The predicted octanol–water partition coefficient (Wildman–Crippen LogP) is 3.98. The van der Waals surface area contributed by atoms with Crippen LogP contribution in [0.3, 0.4) is 0 Å². The Balaban J connectivity index is 2.31. The maximum absolute atomic E-state index is 12.3. The molecule has 0 spiro atoms. The van der Waals surface area contributed by atoms with E-state index in [9.17, 15) is 4.79 Å². The zero-order chi connectivity index (χ0) is 14.9. The van der Waals surface area contributed by atoms with Crippen molar-refractivity contribution in [2.75, 3.05) is 23.3 Å². The summed E-state index contributed by atoms with van der Waals surface area (Å²) in [5.41, 5.74) is 2.65. The van der Waals surface area contributed by atoms with E-state index in [0.29, 0.717) is 12.5 Å². The fourth-order valence-corrected chi connectivity index (χ4v) is 2.21. The molecule has 110 valence electrons. The van der Waals surface area contributed by atoms with Crippen LogP contribution in [0.1, 0.15) is 46.1 Å². The van der Waals surface area contributed by atoms with Gasteiger partial charge in [-0.2, -0.15) is 0 Å². The van der Waals surface area contributed by atoms with Gasteiger partial charge in [0.25, 0.3) is 0 Å². The highest BCUT2D eigenvalue weighted by atomic mass is 16.6. The van der Waals surface area contributed by atoms with E-state index in [-0.39, 0.29) is 6.09 Å². The lowest BCUT2D eigenvalue weighted by Gasteiger charge is -2.32.